The fourth-order valence-corrected chi connectivity index (χ4v) is 4.14. The van der Waals surface area contributed by atoms with Gasteiger partial charge in [0.05, 0.1) is 14.7 Å². The van der Waals surface area contributed by atoms with E-state index >= 15 is 0 Å². The Balaban J connectivity index is 1.66. The van der Waals surface area contributed by atoms with Crippen LogP contribution in [0.3, 0.4) is 0 Å². The number of piperazine rings is 1. The Hall–Kier alpha value is -1.51. The van der Waals surface area contributed by atoms with Crippen molar-refractivity contribution in [1.82, 2.24) is 15.1 Å². The fraction of sp³-hybridized carbons (Fsp3) is 0.643. The molecular formula is C14H20N4O3S. The second kappa shape index (κ2) is 6.31. The smallest absolute Gasteiger partial charge is 0.283 e. The Bertz CT molecular complexity index is 583. The molecule has 0 saturated carbocycles. The van der Waals surface area contributed by atoms with Crippen LogP contribution in [0.1, 0.15) is 21.0 Å². The second-order valence-electron chi connectivity index (χ2n) is 5.79. The molecule has 0 radical (unpaired) electrons. The standard InChI is InChI=1S/C14H20N4O3S/c1-10-12(18(20)21)8-13(22-10)14(19)17-5-2-11(9-17)16-6-3-15-4-7-16/h8,11,15H,2-7,9H2,1H3. The minimum absolute atomic E-state index is 0.0474. The first-order chi connectivity index (χ1) is 10.6. The van der Waals surface area contributed by atoms with E-state index in [1.807, 2.05) is 4.90 Å². The molecule has 1 aromatic heterocycles. The first-order valence-electron chi connectivity index (χ1n) is 7.55. The summed E-state index contributed by atoms with van der Waals surface area (Å²) in [6.07, 6.45) is 0.984. The molecule has 1 aromatic rings. The predicted molar refractivity (Wildman–Crippen MR) is 84.5 cm³/mol. The average Bonchev–Trinajstić information content (AvgIpc) is 3.14. The van der Waals surface area contributed by atoms with E-state index in [2.05, 4.69) is 10.2 Å². The zero-order valence-corrected chi connectivity index (χ0v) is 13.4. The van der Waals surface area contributed by atoms with E-state index < -0.39 is 4.92 Å². The molecule has 0 spiro atoms. The van der Waals surface area contributed by atoms with Gasteiger partial charge in [-0.2, -0.15) is 0 Å². The Morgan fingerprint density at radius 2 is 2.14 bits per heavy atom. The summed E-state index contributed by atoms with van der Waals surface area (Å²) >= 11 is 1.22. The third-order valence-electron chi connectivity index (χ3n) is 4.42. The molecule has 1 amide bonds. The quantitative estimate of drug-likeness (QED) is 0.665. The molecule has 2 fully saturated rings. The largest absolute Gasteiger partial charge is 0.336 e. The van der Waals surface area contributed by atoms with E-state index in [0.717, 1.165) is 45.7 Å². The van der Waals surface area contributed by atoms with Crippen LogP contribution in [0.4, 0.5) is 5.69 Å². The second-order valence-corrected chi connectivity index (χ2v) is 7.05. The molecule has 2 aliphatic rings. The van der Waals surface area contributed by atoms with Crippen molar-refractivity contribution in [3.63, 3.8) is 0 Å². The van der Waals surface area contributed by atoms with Gasteiger partial charge in [-0.25, -0.2) is 0 Å². The molecule has 3 rings (SSSR count). The van der Waals surface area contributed by atoms with Gasteiger partial charge in [0, 0.05) is 51.4 Å². The van der Waals surface area contributed by atoms with Crippen LogP contribution >= 0.6 is 11.3 Å². The third kappa shape index (κ3) is 2.99. The van der Waals surface area contributed by atoms with Crippen LogP contribution in [0.15, 0.2) is 6.07 Å². The summed E-state index contributed by atoms with van der Waals surface area (Å²) in [6.45, 7) is 7.20. The number of amides is 1. The lowest BCUT2D eigenvalue weighted by Crippen LogP contribution is -2.49. The first kappa shape index (κ1) is 15.4. The highest BCUT2D eigenvalue weighted by Gasteiger charge is 2.32. The van der Waals surface area contributed by atoms with Crippen LogP contribution in [-0.4, -0.2) is 65.9 Å². The molecule has 120 valence electrons. The predicted octanol–water partition coefficient (Wildman–Crippen LogP) is 1.08. The Kier molecular flexibility index (Phi) is 4.42. The van der Waals surface area contributed by atoms with Gasteiger partial charge in [0.25, 0.3) is 11.6 Å². The Morgan fingerprint density at radius 1 is 1.41 bits per heavy atom. The number of hydrogen-bond donors (Lipinski definition) is 1. The highest BCUT2D eigenvalue weighted by atomic mass is 32.1. The molecule has 2 aliphatic heterocycles. The van der Waals surface area contributed by atoms with Gasteiger partial charge in [-0.15, -0.1) is 11.3 Å². The molecule has 0 bridgehead atoms. The first-order valence-corrected chi connectivity index (χ1v) is 8.37. The molecule has 7 nitrogen and oxygen atoms in total. The van der Waals surface area contributed by atoms with Gasteiger partial charge >= 0.3 is 0 Å². The van der Waals surface area contributed by atoms with Gasteiger partial charge < -0.3 is 10.2 Å². The summed E-state index contributed by atoms with van der Waals surface area (Å²) in [5.74, 6) is -0.0705. The monoisotopic (exact) mass is 324 g/mol. The molecule has 3 heterocycles. The molecule has 1 N–H and O–H groups in total. The van der Waals surface area contributed by atoms with E-state index in [-0.39, 0.29) is 11.6 Å². The van der Waals surface area contributed by atoms with Crippen LogP contribution in [0.5, 0.6) is 0 Å². The lowest BCUT2D eigenvalue weighted by atomic mass is 10.2. The zero-order chi connectivity index (χ0) is 15.7. The maximum absolute atomic E-state index is 12.5. The van der Waals surface area contributed by atoms with Crippen molar-refractivity contribution >= 4 is 22.9 Å². The molecular weight excluding hydrogens is 304 g/mol. The maximum atomic E-state index is 12.5. The average molecular weight is 324 g/mol. The van der Waals surface area contributed by atoms with Gasteiger partial charge in [0.1, 0.15) is 0 Å². The summed E-state index contributed by atoms with van der Waals surface area (Å²) in [5, 5.41) is 14.2. The van der Waals surface area contributed by atoms with Crippen molar-refractivity contribution in [3.8, 4) is 0 Å². The summed E-state index contributed by atoms with van der Waals surface area (Å²) in [6, 6.07) is 1.84. The Labute approximate surface area is 133 Å². The molecule has 1 atom stereocenters. The summed E-state index contributed by atoms with van der Waals surface area (Å²) in [5.41, 5.74) is 0.0474. The van der Waals surface area contributed by atoms with Gasteiger partial charge in [-0.05, 0) is 13.3 Å². The van der Waals surface area contributed by atoms with Crippen LogP contribution in [0.2, 0.25) is 0 Å². The van der Waals surface area contributed by atoms with E-state index in [9.17, 15) is 14.9 Å². The van der Waals surface area contributed by atoms with Crippen molar-refractivity contribution in [2.24, 2.45) is 0 Å². The Morgan fingerprint density at radius 3 is 2.77 bits per heavy atom. The summed E-state index contributed by atoms with van der Waals surface area (Å²) in [7, 11) is 0. The fourth-order valence-electron chi connectivity index (χ4n) is 3.19. The topological polar surface area (TPSA) is 78.7 Å². The maximum Gasteiger partial charge on any atom is 0.283 e. The van der Waals surface area contributed by atoms with E-state index in [1.165, 1.54) is 17.4 Å². The summed E-state index contributed by atoms with van der Waals surface area (Å²) in [4.78, 5) is 28.4. The van der Waals surface area contributed by atoms with Crippen molar-refractivity contribution < 1.29 is 9.72 Å². The minimum atomic E-state index is -0.421. The normalized spacial score (nSPS) is 23.0. The molecule has 0 aromatic carbocycles. The van der Waals surface area contributed by atoms with Crippen LogP contribution in [0.25, 0.3) is 0 Å². The molecule has 22 heavy (non-hydrogen) atoms. The number of likely N-dealkylation sites (tertiary alicyclic amines) is 1. The van der Waals surface area contributed by atoms with Crippen molar-refractivity contribution in [3.05, 3.63) is 25.9 Å². The van der Waals surface area contributed by atoms with Crippen LogP contribution in [0, 0.1) is 17.0 Å². The minimum Gasteiger partial charge on any atom is -0.336 e. The van der Waals surface area contributed by atoms with Crippen molar-refractivity contribution in [2.45, 2.75) is 19.4 Å². The number of nitrogens with one attached hydrogen (secondary N) is 1. The number of thiophene rings is 1. The number of aryl methyl sites for hydroxylation is 1. The highest BCUT2D eigenvalue weighted by molar-refractivity contribution is 7.14. The molecule has 1 unspecified atom stereocenters. The van der Waals surface area contributed by atoms with E-state index in [1.54, 1.807) is 6.92 Å². The van der Waals surface area contributed by atoms with Gasteiger partial charge in [-0.3, -0.25) is 19.8 Å². The zero-order valence-electron chi connectivity index (χ0n) is 12.6. The van der Waals surface area contributed by atoms with Gasteiger partial charge in [-0.1, -0.05) is 0 Å². The lowest BCUT2D eigenvalue weighted by molar-refractivity contribution is -0.385. The SMILES string of the molecule is Cc1sc(C(=O)N2CCC(N3CCNCC3)C2)cc1[N+](=O)[O-]. The number of nitrogens with zero attached hydrogens (tertiary/aromatic N) is 3. The molecule has 2 saturated heterocycles. The van der Waals surface area contributed by atoms with E-state index in [0.29, 0.717) is 15.8 Å². The molecule has 0 aliphatic carbocycles. The number of rotatable bonds is 3. The number of nitro groups is 1. The summed E-state index contributed by atoms with van der Waals surface area (Å²) < 4.78 is 0. The lowest BCUT2D eigenvalue weighted by Gasteiger charge is -2.32. The van der Waals surface area contributed by atoms with Crippen LogP contribution in [-0.2, 0) is 0 Å². The van der Waals surface area contributed by atoms with Crippen LogP contribution < -0.4 is 5.32 Å². The number of hydrogen-bond acceptors (Lipinski definition) is 6. The highest BCUT2D eigenvalue weighted by Crippen LogP contribution is 2.30. The van der Waals surface area contributed by atoms with Gasteiger partial charge in [0.15, 0.2) is 0 Å². The third-order valence-corrected chi connectivity index (χ3v) is 5.45. The van der Waals surface area contributed by atoms with E-state index in [4.69, 9.17) is 0 Å². The van der Waals surface area contributed by atoms with Crippen molar-refractivity contribution in [1.29, 1.82) is 0 Å². The number of carbonyl (C=O) groups excluding carboxylic acids is 1. The number of carbonyl (C=O) groups is 1. The molecule has 8 heteroatoms. The van der Waals surface area contributed by atoms with Crippen molar-refractivity contribution in [2.75, 3.05) is 39.3 Å². The van der Waals surface area contributed by atoms with Gasteiger partial charge in [0.2, 0.25) is 0 Å².